The predicted octanol–water partition coefficient (Wildman–Crippen LogP) is 3.26. The summed E-state index contributed by atoms with van der Waals surface area (Å²) < 4.78 is 33.3. The van der Waals surface area contributed by atoms with Gasteiger partial charge in [0.2, 0.25) is 5.91 Å². The first-order valence-electron chi connectivity index (χ1n) is 11.3. The number of anilines is 1. The van der Waals surface area contributed by atoms with Crippen molar-refractivity contribution in [2.24, 2.45) is 5.92 Å². The van der Waals surface area contributed by atoms with Crippen LogP contribution in [0.2, 0.25) is 0 Å². The van der Waals surface area contributed by atoms with Gasteiger partial charge in [-0.2, -0.15) is 0 Å². The van der Waals surface area contributed by atoms with E-state index in [1.54, 1.807) is 29.2 Å². The highest BCUT2D eigenvalue weighted by Gasteiger charge is 2.29. The monoisotopic (exact) mass is 473 g/mol. The van der Waals surface area contributed by atoms with Gasteiger partial charge in [-0.1, -0.05) is 6.92 Å². The lowest BCUT2D eigenvalue weighted by Gasteiger charge is -2.32. The highest BCUT2D eigenvalue weighted by molar-refractivity contribution is 7.92. The van der Waals surface area contributed by atoms with E-state index < -0.39 is 10.0 Å². The summed E-state index contributed by atoms with van der Waals surface area (Å²) in [5.74, 6) is 0.223. The van der Waals surface area contributed by atoms with Gasteiger partial charge in [-0.15, -0.1) is 0 Å². The summed E-state index contributed by atoms with van der Waals surface area (Å²) in [6, 6.07) is 12.5. The molecule has 2 aromatic carbocycles. The summed E-state index contributed by atoms with van der Waals surface area (Å²) in [5.41, 5.74) is 0.809. The number of hydrogen-bond donors (Lipinski definition) is 2. The Kier molecular flexibility index (Phi) is 8.32. The fourth-order valence-electron chi connectivity index (χ4n) is 3.73. The average Bonchev–Trinajstić information content (AvgIpc) is 2.83. The standard InChI is InChI=1S/C24H31N3O5S/c1-3-15-25-23(28)19-6-5-16-27(17-19)24(29)18-7-13-22(14-8-18)33(30,31)26-20-9-11-21(12-10-20)32-4-2/h7-14,19,26H,3-6,15-17H2,1-2H3,(H,25,28). The van der Waals surface area contributed by atoms with Crippen molar-refractivity contribution in [2.45, 2.75) is 38.0 Å². The van der Waals surface area contributed by atoms with Crippen molar-refractivity contribution in [3.05, 3.63) is 54.1 Å². The molecule has 1 unspecified atom stereocenters. The smallest absolute Gasteiger partial charge is 0.261 e. The van der Waals surface area contributed by atoms with Crippen LogP contribution in [0, 0.1) is 5.92 Å². The number of nitrogens with zero attached hydrogens (tertiary/aromatic N) is 1. The Morgan fingerprint density at radius 2 is 1.76 bits per heavy atom. The van der Waals surface area contributed by atoms with Crippen molar-refractivity contribution in [1.29, 1.82) is 0 Å². The molecule has 33 heavy (non-hydrogen) atoms. The molecule has 1 aliphatic heterocycles. The third-order valence-electron chi connectivity index (χ3n) is 5.46. The van der Waals surface area contributed by atoms with Crippen LogP contribution in [0.4, 0.5) is 5.69 Å². The van der Waals surface area contributed by atoms with Crippen molar-refractivity contribution < 1.29 is 22.7 Å². The van der Waals surface area contributed by atoms with Crippen LogP contribution in [0.25, 0.3) is 0 Å². The van der Waals surface area contributed by atoms with Crippen LogP contribution in [0.15, 0.2) is 53.4 Å². The van der Waals surface area contributed by atoms with E-state index in [1.807, 2.05) is 13.8 Å². The molecule has 0 aliphatic carbocycles. The highest BCUT2D eigenvalue weighted by atomic mass is 32.2. The van der Waals surface area contributed by atoms with E-state index in [-0.39, 0.29) is 22.6 Å². The van der Waals surface area contributed by atoms with E-state index in [9.17, 15) is 18.0 Å². The van der Waals surface area contributed by atoms with Gasteiger partial charge >= 0.3 is 0 Å². The molecule has 3 rings (SSSR count). The minimum absolute atomic E-state index is 0.0174. The molecule has 1 aliphatic rings. The van der Waals surface area contributed by atoms with E-state index in [0.717, 1.165) is 19.3 Å². The normalized spacial score (nSPS) is 16.2. The van der Waals surface area contributed by atoms with Crippen molar-refractivity contribution in [3.63, 3.8) is 0 Å². The molecule has 8 nitrogen and oxygen atoms in total. The Hall–Kier alpha value is -3.07. The summed E-state index contributed by atoms with van der Waals surface area (Å²) in [6.07, 6.45) is 2.38. The number of sulfonamides is 1. The first-order valence-corrected chi connectivity index (χ1v) is 12.7. The molecule has 2 N–H and O–H groups in total. The van der Waals surface area contributed by atoms with Gasteiger partial charge in [-0.3, -0.25) is 14.3 Å². The van der Waals surface area contributed by atoms with Crippen LogP contribution in [0.1, 0.15) is 43.5 Å². The minimum atomic E-state index is -3.80. The van der Waals surface area contributed by atoms with Crippen LogP contribution in [-0.2, 0) is 14.8 Å². The predicted molar refractivity (Wildman–Crippen MR) is 127 cm³/mol. The quantitative estimate of drug-likeness (QED) is 0.582. The Bertz CT molecular complexity index is 1050. The fourth-order valence-corrected chi connectivity index (χ4v) is 4.79. The molecule has 0 bridgehead atoms. The van der Waals surface area contributed by atoms with Gasteiger partial charge in [0.15, 0.2) is 0 Å². The number of carbonyl (C=O) groups excluding carboxylic acids is 2. The van der Waals surface area contributed by atoms with Crippen molar-refractivity contribution in [2.75, 3.05) is 31.0 Å². The van der Waals surface area contributed by atoms with Gasteiger partial charge in [0.05, 0.1) is 17.4 Å². The van der Waals surface area contributed by atoms with Gasteiger partial charge in [-0.25, -0.2) is 8.42 Å². The molecule has 9 heteroatoms. The molecule has 1 atom stereocenters. The molecule has 1 heterocycles. The Labute approximate surface area is 195 Å². The number of piperidine rings is 1. The largest absolute Gasteiger partial charge is 0.494 e. The topological polar surface area (TPSA) is 105 Å². The second kappa shape index (κ2) is 11.2. The Balaban J connectivity index is 1.64. The zero-order valence-electron chi connectivity index (χ0n) is 19.0. The maximum Gasteiger partial charge on any atom is 0.261 e. The molecule has 0 aromatic heterocycles. The van der Waals surface area contributed by atoms with Crippen LogP contribution >= 0.6 is 0 Å². The van der Waals surface area contributed by atoms with Crippen LogP contribution in [-0.4, -0.2) is 51.4 Å². The van der Waals surface area contributed by atoms with E-state index in [4.69, 9.17) is 4.74 Å². The third-order valence-corrected chi connectivity index (χ3v) is 6.85. The molecule has 2 aromatic rings. The van der Waals surface area contributed by atoms with E-state index >= 15 is 0 Å². The zero-order chi connectivity index (χ0) is 23.8. The molecule has 2 amide bonds. The highest BCUT2D eigenvalue weighted by Crippen LogP contribution is 2.22. The molecule has 1 fully saturated rings. The van der Waals surface area contributed by atoms with Crippen LogP contribution in [0.3, 0.4) is 0 Å². The average molecular weight is 474 g/mol. The number of benzene rings is 2. The number of hydrogen-bond acceptors (Lipinski definition) is 5. The lowest BCUT2D eigenvalue weighted by Crippen LogP contribution is -2.45. The second-order valence-corrected chi connectivity index (χ2v) is 9.65. The maximum atomic E-state index is 12.9. The summed E-state index contributed by atoms with van der Waals surface area (Å²) >= 11 is 0. The first kappa shape index (κ1) is 24.6. The molecule has 1 saturated heterocycles. The van der Waals surface area contributed by atoms with Gasteiger partial charge in [-0.05, 0) is 74.7 Å². The molecular weight excluding hydrogens is 442 g/mol. The van der Waals surface area contributed by atoms with E-state index in [2.05, 4.69) is 10.0 Å². The number of rotatable bonds is 9. The van der Waals surface area contributed by atoms with Crippen molar-refractivity contribution >= 4 is 27.5 Å². The van der Waals surface area contributed by atoms with Crippen LogP contribution in [0.5, 0.6) is 5.75 Å². The SMILES string of the molecule is CCCNC(=O)C1CCCN(C(=O)c2ccc(S(=O)(=O)Nc3ccc(OCC)cc3)cc2)C1. The summed E-state index contributed by atoms with van der Waals surface area (Å²) in [7, 11) is -3.80. The molecule has 0 saturated carbocycles. The van der Waals surface area contributed by atoms with Gasteiger partial charge < -0.3 is 15.0 Å². The number of ether oxygens (including phenoxy) is 1. The number of amides is 2. The minimum Gasteiger partial charge on any atom is -0.494 e. The summed E-state index contributed by atoms with van der Waals surface area (Å²) in [5, 5.41) is 2.90. The number of nitrogens with one attached hydrogen (secondary N) is 2. The Morgan fingerprint density at radius 3 is 2.39 bits per heavy atom. The van der Waals surface area contributed by atoms with Gasteiger partial charge in [0.1, 0.15) is 5.75 Å². The van der Waals surface area contributed by atoms with E-state index in [1.165, 1.54) is 24.3 Å². The summed E-state index contributed by atoms with van der Waals surface area (Å²) in [4.78, 5) is 27.0. The van der Waals surface area contributed by atoms with Gasteiger partial charge in [0.25, 0.3) is 15.9 Å². The summed E-state index contributed by atoms with van der Waals surface area (Å²) in [6.45, 7) is 5.97. The molecule has 0 spiro atoms. The maximum absolute atomic E-state index is 12.9. The van der Waals surface area contributed by atoms with Crippen molar-refractivity contribution in [1.82, 2.24) is 10.2 Å². The fraction of sp³-hybridized carbons (Fsp3) is 0.417. The number of likely N-dealkylation sites (tertiary alicyclic amines) is 1. The number of carbonyl (C=O) groups is 2. The van der Waals surface area contributed by atoms with Gasteiger partial charge in [0, 0.05) is 30.9 Å². The van der Waals surface area contributed by atoms with E-state index in [0.29, 0.717) is 43.2 Å². The molecule has 0 radical (unpaired) electrons. The first-order chi connectivity index (χ1) is 15.8. The zero-order valence-corrected chi connectivity index (χ0v) is 19.9. The lowest BCUT2D eigenvalue weighted by molar-refractivity contribution is -0.126. The molecular formula is C24H31N3O5S. The Morgan fingerprint density at radius 1 is 1.06 bits per heavy atom. The molecule has 178 valence electrons. The van der Waals surface area contributed by atoms with Crippen molar-refractivity contribution in [3.8, 4) is 5.75 Å². The third kappa shape index (κ3) is 6.47. The lowest BCUT2D eigenvalue weighted by atomic mass is 9.96. The van der Waals surface area contributed by atoms with Crippen LogP contribution < -0.4 is 14.8 Å². The second-order valence-electron chi connectivity index (χ2n) is 7.97.